The Kier molecular flexibility index (Phi) is 5.11. The predicted molar refractivity (Wildman–Crippen MR) is 69.7 cm³/mol. The third-order valence-electron chi connectivity index (χ3n) is 4.33. The Balaban J connectivity index is 1.65. The molecule has 2 nitrogen and oxygen atoms in total. The zero-order valence-electron chi connectivity index (χ0n) is 10.9. The monoisotopic (exact) mass is 224 g/mol. The summed E-state index contributed by atoms with van der Waals surface area (Å²) < 4.78 is 0. The van der Waals surface area contributed by atoms with Crippen LogP contribution in [0.25, 0.3) is 0 Å². The van der Waals surface area contributed by atoms with Crippen LogP contribution < -0.4 is 5.32 Å². The van der Waals surface area contributed by atoms with Crippen molar-refractivity contribution in [2.75, 3.05) is 32.7 Å². The lowest BCUT2D eigenvalue weighted by atomic mass is 9.81. The van der Waals surface area contributed by atoms with E-state index in [-0.39, 0.29) is 0 Å². The minimum atomic E-state index is 0.990. The second-order valence-corrected chi connectivity index (χ2v) is 5.87. The van der Waals surface area contributed by atoms with Gasteiger partial charge in [0.05, 0.1) is 0 Å². The normalized spacial score (nSPS) is 33.6. The van der Waals surface area contributed by atoms with E-state index in [4.69, 9.17) is 0 Å². The highest BCUT2D eigenvalue weighted by molar-refractivity contribution is 4.73. The van der Waals surface area contributed by atoms with Gasteiger partial charge in [-0.15, -0.1) is 0 Å². The molecule has 2 fully saturated rings. The van der Waals surface area contributed by atoms with Crippen LogP contribution in [0.3, 0.4) is 0 Å². The van der Waals surface area contributed by atoms with E-state index in [9.17, 15) is 0 Å². The highest BCUT2D eigenvalue weighted by Gasteiger charge is 2.19. The van der Waals surface area contributed by atoms with Gasteiger partial charge in [0.25, 0.3) is 0 Å². The summed E-state index contributed by atoms with van der Waals surface area (Å²) >= 11 is 0. The maximum Gasteiger partial charge on any atom is 0.0107 e. The predicted octanol–water partition coefficient (Wildman–Crippen LogP) is 2.50. The van der Waals surface area contributed by atoms with Gasteiger partial charge in [0, 0.05) is 13.1 Å². The number of hydrogen-bond donors (Lipinski definition) is 1. The van der Waals surface area contributed by atoms with Crippen molar-refractivity contribution in [1.82, 2.24) is 10.2 Å². The molecule has 16 heavy (non-hydrogen) atoms. The van der Waals surface area contributed by atoms with E-state index in [1.807, 2.05) is 0 Å². The first-order valence-electron chi connectivity index (χ1n) is 7.27. The van der Waals surface area contributed by atoms with Gasteiger partial charge in [-0.1, -0.05) is 26.2 Å². The fourth-order valence-corrected chi connectivity index (χ4v) is 3.31. The van der Waals surface area contributed by atoms with Crippen LogP contribution in [0.1, 0.15) is 45.4 Å². The third kappa shape index (κ3) is 4.06. The van der Waals surface area contributed by atoms with Crippen molar-refractivity contribution in [2.24, 2.45) is 11.8 Å². The Morgan fingerprint density at radius 1 is 1.12 bits per heavy atom. The van der Waals surface area contributed by atoms with Crippen LogP contribution in [-0.2, 0) is 0 Å². The van der Waals surface area contributed by atoms with Crippen molar-refractivity contribution in [3.63, 3.8) is 0 Å². The highest BCUT2D eigenvalue weighted by Crippen LogP contribution is 2.30. The lowest BCUT2D eigenvalue weighted by Gasteiger charge is -2.29. The summed E-state index contributed by atoms with van der Waals surface area (Å²) in [5, 5.41) is 3.48. The van der Waals surface area contributed by atoms with Gasteiger partial charge in [0.15, 0.2) is 0 Å². The van der Waals surface area contributed by atoms with Crippen molar-refractivity contribution < 1.29 is 0 Å². The van der Waals surface area contributed by atoms with Gasteiger partial charge >= 0.3 is 0 Å². The first-order chi connectivity index (χ1) is 7.84. The largest absolute Gasteiger partial charge is 0.315 e. The van der Waals surface area contributed by atoms with Crippen molar-refractivity contribution in [1.29, 1.82) is 0 Å². The zero-order valence-corrected chi connectivity index (χ0v) is 10.9. The van der Waals surface area contributed by atoms with Gasteiger partial charge in [0.2, 0.25) is 0 Å². The molecule has 2 rings (SSSR count). The van der Waals surface area contributed by atoms with Gasteiger partial charge in [0.1, 0.15) is 0 Å². The molecule has 2 atom stereocenters. The maximum absolute atomic E-state index is 3.48. The molecule has 1 saturated heterocycles. The maximum atomic E-state index is 3.48. The molecule has 1 N–H and O–H groups in total. The average Bonchev–Trinajstić information content (AvgIpc) is 2.55. The van der Waals surface area contributed by atoms with Crippen molar-refractivity contribution >= 4 is 0 Å². The van der Waals surface area contributed by atoms with Crippen LogP contribution in [0, 0.1) is 11.8 Å². The van der Waals surface area contributed by atoms with E-state index in [2.05, 4.69) is 17.1 Å². The molecule has 0 aromatic heterocycles. The molecule has 2 heteroatoms. The zero-order chi connectivity index (χ0) is 11.2. The molecule has 1 aliphatic heterocycles. The number of nitrogens with one attached hydrogen (secondary N) is 1. The second kappa shape index (κ2) is 6.61. The fourth-order valence-electron chi connectivity index (χ4n) is 3.31. The van der Waals surface area contributed by atoms with Gasteiger partial charge in [-0.3, -0.25) is 0 Å². The van der Waals surface area contributed by atoms with Crippen LogP contribution in [0.5, 0.6) is 0 Å². The van der Waals surface area contributed by atoms with Gasteiger partial charge in [-0.05, 0) is 50.7 Å². The first-order valence-corrected chi connectivity index (χ1v) is 7.27. The van der Waals surface area contributed by atoms with E-state index < -0.39 is 0 Å². The smallest absolute Gasteiger partial charge is 0.0107 e. The summed E-state index contributed by atoms with van der Waals surface area (Å²) in [6.07, 6.45) is 8.73. The number of rotatable bonds is 3. The first kappa shape index (κ1) is 12.4. The third-order valence-corrected chi connectivity index (χ3v) is 4.33. The Labute approximate surface area is 101 Å². The molecule has 0 spiro atoms. The Hall–Kier alpha value is -0.0800. The van der Waals surface area contributed by atoms with Gasteiger partial charge in [-0.25, -0.2) is 0 Å². The van der Waals surface area contributed by atoms with E-state index in [0.29, 0.717) is 0 Å². The molecule has 1 heterocycles. The minimum Gasteiger partial charge on any atom is -0.315 e. The molecule has 0 amide bonds. The van der Waals surface area contributed by atoms with E-state index in [1.165, 1.54) is 71.2 Å². The molecule has 0 radical (unpaired) electrons. The summed E-state index contributed by atoms with van der Waals surface area (Å²) in [5.74, 6) is 2.02. The fraction of sp³-hybridized carbons (Fsp3) is 1.00. The van der Waals surface area contributed by atoms with Crippen molar-refractivity contribution in [3.05, 3.63) is 0 Å². The van der Waals surface area contributed by atoms with Crippen LogP contribution in [0.4, 0.5) is 0 Å². The van der Waals surface area contributed by atoms with Crippen molar-refractivity contribution in [2.45, 2.75) is 45.4 Å². The summed E-state index contributed by atoms with van der Waals surface area (Å²) in [6.45, 7) is 8.77. The molecule has 2 unspecified atom stereocenters. The molecule has 2 aliphatic rings. The Morgan fingerprint density at radius 3 is 2.94 bits per heavy atom. The summed E-state index contributed by atoms with van der Waals surface area (Å²) in [7, 11) is 0. The molecular formula is C14H28N2. The lowest BCUT2D eigenvalue weighted by molar-refractivity contribution is 0.218. The molecule has 94 valence electrons. The second-order valence-electron chi connectivity index (χ2n) is 5.87. The van der Waals surface area contributed by atoms with Crippen LogP contribution >= 0.6 is 0 Å². The number of nitrogens with zero attached hydrogens (tertiary/aromatic N) is 1. The number of hydrogen-bond acceptors (Lipinski definition) is 2. The quantitative estimate of drug-likeness (QED) is 0.792. The molecule has 0 bridgehead atoms. The van der Waals surface area contributed by atoms with Crippen LogP contribution in [0.15, 0.2) is 0 Å². The molecule has 1 saturated carbocycles. The summed E-state index contributed by atoms with van der Waals surface area (Å²) in [5.41, 5.74) is 0. The minimum absolute atomic E-state index is 0.990. The Bertz CT molecular complexity index is 183. The van der Waals surface area contributed by atoms with Gasteiger partial charge in [-0.2, -0.15) is 0 Å². The highest BCUT2D eigenvalue weighted by atomic mass is 15.1. The Morgan fingerprint density at radius 2 is 2.06 bits per heavy atom. The van der Waals surface area contributed by atoms with Gasteiger partial charge < -0.3 is 10.2 Å². The topological polar surface area (TPSA) is 15.3 Å². The molecule has 0 aromatic carbocycles. The molecular weight excluding hydrogens is 196 g/mol. The van der Waals surface area contributed by atoms with E-state index in [1.54, 1.807) is 0 Å². The lowest BCUT2D eigenvalue weighted by Crippen LogP contribution is -2.30. The molecule has 1 aliphatic carbocycles. The summed E-state index contributed by atoms with van der Waals surface area (Å²) in [4.78, 5) is 2.67. The van der Waals surface area contributed by atoms with Crippen LogP contribution in [-0.4, -0.2) is 37.6 Å². The molecule has 0 aromatic rings. The van der Waals surface area contributed by atoms with Crippen molar-refractivity contribution in [3.8, 4) is 0 Å². The SMILES string of the molecule is CC1CCCC(CCN2CCCNCC2)C1. The summed E-state index contributed by atoms with van der Waals surface area (Å²) in [6, 6.07) is 0. The average molecular weight is 224 g/mol. The van der Waals surface area contributed by atoms with E-state index in [0.717, 1.165) is 11.8 Å². The van der Waals surface area contributed by atoms with Crippen LogP contribution in [0.2, 0.25) is 0 Å². The van der Waals surface area contributed by atoms with E-state index >= 15 is 0 Å². The standard InChI is InChI=1S/C14H28N2/c1-13-4-2-5-14(12-13)6-10-16-9-3-7-15-8-11-16/h13-15H,2-12H2,1H3.